The Kier molecular flexibility index (Phi) is 7.55. The van der Waals surface area contributed by atoms with Gasteiger partial charge in [-0.1, -0.05) is 18.2 Å². The van der Waals surface area contributed by atoms with Crippen molar-refractivity contribution in [2.45, 2.75) is 44.9 Å². The van der Waals surface area contributed by atoms with Crippen LogP contribution in [0.1, 0.15) is 36.9 Å². The average Bonchev–Trinajstić information content (AvgIpc) is 3.28. The molecule has 1 aliphatic rings. The third kappa shape index (κ3) is 5.76. The minimum atomic E-state index is 0.265. The van der Waals surface area contributed by atoms with Crippen LogP contribution < -0.4 is 24.8 Å². The van der Waals surface area contributed by atoms with Gasteiger partial charge in [-0.3, -0.25) is 4.99 Å². The summed E-state index contributed by atoms with van der Waals surface area (Å²) in [7, 11) is 5.03. The highest BCUT2D eigenvalue weighted by Crippen LogP contribution is 2.34. The molecule has 1 saturated carbocycles. The average molecular weight is 399 g/mol. The summed E-state index contributed by atoms with van der Waals surface area (Å²) < 4.78 is 17.0. The SMILES string of the molecule is CN=C(NCc1cccc(OC)n1)NCc1cccc(OC)c1OC1CCCC1. The second-order valence-electron chi connectivity index (χ2n) is 6.92. The number of rotatable bonds is 8. The zero-order valence-corrected chi connectivity index (χ0v) is 17.4. The molecule has 1 aromatic carbocycles. The largest absolute Gasteiger partial charge is 0.493 e. The Morgan fingerprint density at radius 1 is 1.03 bits per heavy atom. The molecule has 7 nitrogen and oxygen atoms in total. The number of hydrogen-bond donors (Lipinski definition) is 2. The third-order valence-corrected chi connectivity index (χ3v) is 4.96. The van der Waals surface area contributed by atoms with Crippen molar-refractivity contribution in [1.29, 1.82) is 0 Å². The van der Waals surface area contributed by atoms with Gasteiger partial charge in [-0.05, 0) is 37.8 Å². The van der Waals surface area contributed by atoms with Gasteiger partial charge in [0, 0.05) is 25.2 Å². The van der Waals surface area contributed by atoms with Crippen molar-refractivity contribution in [2.24, 2.45) is 4.99 Å². The van der Waals surface area contributed by atoms with Gasteiger partial charge in [0.15, 0.2) is 17.5 Å². The van der Waals surface area contributed by atoms with Crippen LogP contribution >= 0.6 is 0 Å². The topological polar surface area (TPSA) is 77.0 Å². The standard InChI is InChI=1S/C22H30N4O3/c1-23-22(25-15-17-9-7-13-20(26-17)28-3)24-14-16-8-6-12-19(27-2)21(16)29-18-10-4-5-11-18/h6-9,12-13,18H,4-5,10-11,14-15H2,1-3H3,(H2,23,24,25). The van der Waals surface area contributed by atoms with Crippen LogP contribution in [0, 0.1) is 0 Å². The summed E-state index contributed by atoms with van der Waals surface area (Å²) >= 11 is 0. The molecule has 0 bridgehead atoms. The Balaban J connectivity index is 1.62. The molecule has 1 heterocycles. The molecular weight excluding hydrogens is 368 g/mol. The molecule has 0 aliphatic heterocycles. The molecule has 1 aliphatic carbocycles. The molecule has 1 aromatic heterocycles. The summed E-state index contributed by atoms with van der Waals surface area (Å²) in [4.78, 5) is 8.71. The molecule has 0 radical (unpaired) electrons. The third-order valence-electron chi connectivity index (χ3n) is 4.96. The van der Waals surface area contributed by atoms with E-state index in [1.54, 1.807) is 21.3 Å². The van der Waals surface area contributed by atoms with Crippen LogP contribution in [-0.4, -0.2) is 38.3 Å². The second-order valence-corrected chi connectivity index (χ2v) is 6.92. The van der Waals surface area contributed by atoms with Crippen molar-refractivity contribution in [3.63, 3.8) is 0 Å². The quantitative estimate of drug-likeness (QED) is 0.525. The van der Waals surface area contributed by atoms with Gasteiger partial charge in [0.25, 0.3) is 0 Å². The van der Waals surface area contributed by atoms with Crippen LogP contribution in [0.25, 0.3) is 0 Å². The van der Waals surface area contributed by atoms with E-state index in [2.05, 4.69) is 26.7 Å². The first-order valence-corrected chi connectivity index (χ1v) is 10.0. The van der Waals surface area contributed by atoms with Gasteiger partial charge in [0.1, 0.15) is 0 Å². The highest BCUT2D eigenvalue weighted by molar-refractivity contribution is 5.79. The molecule has 156 valence electrons. The second kappa shape index (κ2) is 10.5. The van der Waals surface area contributed by atoms with Gasteiger partial charge in [-0.25, -0.2) is 4.98 Å². The molecule has 0 atom stereocenters. The maximum atomic E-state index is 6.30. The van der Waals surface area contributed by atoms with Crippen LogP contribution in [0.4, 0.5) is 0 Å². The van der Waals surface area contributed by atoms with Crippen LogP contribution in [0.15, 0.2) is 41.4 Å². The number of para-hydroxylation sites is 1. The fraction of sp³-hybridized carbons (Fsp3) is 0.455. The van der Waals surface area contributed by atoms with E-state index in [1.165, 1.54) is 12.8 Å². The Labute approximate surface area is 172 Å². The molecule has 2 N–H and O–H groups in total. The monoisotopic (exact) mass is 398 g/mol. The first-order chi connectivity index (χ1) is 14.2. The van der Waals surface area contributed by atoms with Crippen molar-refractivity contribution >= 4 is 5.96 Å². The molecule has 0 saturated heterocycles. The van der Waals surface area contributed by atoms with Crippen LogP contribution in [0.5, 0.6) is 17.4 Å². The van der Waals surface area contributed by atoms with Gasteiger partial charge in [-0.15, -0.1) is 0 Å². The van der Waals surface area contributed by atoms with Crippen LogP contribution in [0.2, 0.25) is 0 Å². The molecule has 29 heavy (non-hydrogen) atoms. The summed E-state index contributed by atoms with van der Waals surface area (Å²) in [6.45, 7) is 1.12. The zero-order chi connectivity index (χ0) is 20.5. The minimum absolute atomic E-state index is 0.265. The van der Waals surface area contributed by atoms with E-state index in [0.29, 0.717) is 24.9 Å². The number of methoxy groups -OCH3 is 2. The van der Waals surface area contributed by atoms with Gasteiger partial charge in [0.2, 0.25) is 5.88 Å². The number of aromatic nitrogens is 1. The normalized spacial score (nSPS) is 14.5. The minimum Gasteiger partial charge on any atom is -0.493 e. The van der Waals surface area contributed by atoms with Crippen molar-refractivity contribution in [1.82, 2.24) is 15.6 Å². The van der Waals surface area contributed by atoms with Crippen molar-refractivity contribution < 1.29 is 14.2 Å². The number of benzene rings is 1. The van der Waals surface area contributed by atoms with E-state index >= 15 is 0 Å². The number of hydrogen-bond acceptors (Lipinski definition) is 5. The predicted octanol–water partition coefficient (Wildman–Crippen LogP) is 3.29. The van der Waals surface area contributed by atoms with E-state index in [0.717, 1.165) is 35.6 Å². The molecule has 0 amide bonds. The lowest BCUT2D eigenvalue weighted by molar-refractivity contribution is 0.198. The highest BCUT2D eigenvalue weighted by atomic mass is 16.5. The van der Waals surface area contributed by atoms with Gasteiger partial charge >= 0.3 is 0 Å². The van der Waals surface area contributed by atoms with Crippen molar-refractivity contribution in [2.75, 3.05) is 21.3 Å². The molecule has 3 rings (SSSR count). The van der Waals surface area contributed by atoms with Gasteiger partial charge in [0.05, 0.1) is 32.6 Å². The summed E-state index contributed by atoms with van der Waals surface area (Å²) in [6.07, 6.45) is 4.91. The number of nitrogens with zero attached hydrogens (tertiary/aromatic N) is 2. The molecule has 0 spiro atoms. The van der Waals surface area contributed by atoms with E-state index in [1.807, 2.05) is 30.3 Å². The maximum Gasteiger partial charge on any atom is 0.213 e. The van der Waals surface area contributed by atoms with Crippen LogP contribution in [0.3, 0.4) is 0 Å². The summed E-state index contributed by atoms with van der Waals surface area (Å²) in [5, 5.41) is 6.62. The molecule has 1 fully saturated rings. The number of aliphatic imine (C=N–C) groups is 1. The molecular formula is C22H30N4O3. The Bertz CT molecular complexity index is 819. The van der Waals surface area contributed by atoms with Crippen LogP contribution in [-0.2, 0) is 13.1 Å². The van der Waals surface area contributed by atoms with E-state index in [9.17, 15) is 0 Å². The number of ether oxygens (including phenoxy) is 3. The first kappa shape index (κ1) is 20.8. The smallest absolute Gasteiger partial charge is 0.213 e. The summed E-state index contributed by atoms with van der Waals surface area (Å²) in [5.74, 6) is 2.86. The fourth-order valence-corrected chi connectivity index (χ4v) is 3.41. The summed E-state index contributed by atoms with van der Waals surface area (Å²) in [6, 6.07) is 11.7. The predicted molar refractivity (Wildman–Crippen MR) is 114 cm³/mol. The number of nitrogens with one attached hydrogen (secondary N) is 2. The van der Waals surface area contributed by atoms with E-state index < -0.39 is 0 Å². The fourth-order valence-electron chi connectivity index (χ4n) is 3.41. The maximum absolute atomic E-state index is 6.30. The van der Waals surface area contributed by atoms with Gasteiger partial charge in [-0.2, -0.15) is 0 Å². The van der Waals surface area contributed by atoms with Gasteiger partial charge < -0.3 is 24.8 Å². The lowest BCUT2D eigenvalue weighted by atomic mass is 10.1. The van der Waals surface area contributed by atoms with Crippen molar-refractivity contribution in [3.05, 3.63) is 47.7 Å². The number of pyridine rings is 1. The Morgan fingerprint density at radius 2 is 1.79 bits per heavy atom. The zero-order valence-electron chi connectivity index (χ0n) is 17.4. The van der Waals surface area contributed by atoms with E-state index in [4.69, 9.17) is 14.2 Å². The summed E-state index contributed by atoms with van der Waals surface area (Å²) in [5.41, 5.74) is 1.91. The highest BCUT2D eigenvalue weighted by Gasteiger charge is 2.20. The first-order valence-electron chi connectivity index (χ1n) is 10.0. The Hall–Kier alpha value is -2.96. The Morgan fingerprint density at radius 3 is 2.52 bits per heavy atom. The molecule has 2 aromatic rings. The van der Waals surface area contributed by atoms with Crippen molar-refractivity contribution in [3.8, 4) is 17.4 Å². The lowest BCUT2D eigenvalue weighted by Crippen LogP contribution is -2.36. The van der Waals surface area contributed by atoms with E-state index in [-0.39, 0.29) is 6.10 Å². The molecule has 0 unspecified atom stereocenters. The lowest BCUT2D eigenvalue weighted by Gasteiger charge is -2.20. The molecule has 7 heteroatoms. The number of guanidine groups is 1.